The van der Waals surface area contributed by atoms with E-state index in [9.17, 15) is 9.90 Å². The second kappa shape index (κ2) is 5.68. The smallest absolute Gasteiger partial charge is 0.356 e. The molecule has 2 N–H and O–H groups in total. The summed E-state index contributed by atoms with van der Waals surface area (Å²) < 4.78 is 5.05. The van der Waals surface area contributed by atoms with Crippen molar-refractivity contribution in [3.05, 3.63) is 35.2 Å². The second-order valence-corrected chi connectivity index (χ2v) is 4.74. The highest BCUT2D eigenvalue weighted by Gasteiger charge is 2.15. The van der Waals surface area contributed by atoms with E-state index in [0.29, 0.717) is 23.8 Å². The van der Waals surface area contributed by atoms with Crippen molar-refractivity contribution < 1.29 is 14.4 Å². The molecular weight excluding hydrogens is 260 g/mol. The number of aromatic carboxylic acids is 1. The molecule has 2 aromatic heterocycles. The third-order valence-corrected chi connectivity index (χ3v) is 2.66. The van der Waals surface area contributed by atoms with Crippen molar-refractivity contribution >= 4 is 11.7 Å². The summed E-state index contributed by atoms with van der Waals surface area (Å²) in [6.07, 6.45) is 1.48. The van der Waals surface area contributed by atoms with E-state index in [1.165, 1.54) is 6.20 Å². The number of carboxylic acids is 1. The van der Waals surface area contributed by atoms with E-state index in [0.717, 1.165) is 5.69 Å². The summed E-state index contributed by atoms with van der Waals surface area (Å²) in [5.74, 6) is 0.0971. The van der Waals surface area contributed by atoms with Crippen LogP contribution in [0.3, 0.4) is 0 Å². The van der Waals surface area contributed by atoms with Crippen LogP contribution in [0.4, 0.5) is 5.69 Å². The second-order valence-electron chi connectivity index (χ2n) is 4.74. The molecule has 2 rings (SSSR count). The van der Waals surface area contributed by atoms with Crippen molar-refractivity contribution in [2.24, 2.45) is 0 Å². The SMILES string of the molecule is Cc1cc(CNc2cnc(C(C)C)nc2C(=O)O)on1. The van der Waals surface area contributed by atoms with Gasteiger partial charge in [0.25, 0.3) is 0 Å². The first-order chi connectivity index (χ1) is 9.47. The first kappa shape index (κ1) is 14.0. The fourth-order valence-electron chi connectivity index (χ4n) is 1.65. The number of hydrogen-bond donors (Lipinski definition) is 2. The summed E-state index contributed by atoms with van der Waals surface area (Å²) in [6.45, 7) is 5.96. The number of carboxylic acid groups (broad SMARTS) is 1. The van der Waals surface area contributed by atoms with Crippen molar-refractivity contribution in [3.63, 3.8) is 0 Å². The van der Waals surface area contributed by atoms with E-state index in [1.54, 1.807) is 6.07 Å². The molecule has 0 atom stereocenters. The van der Waals surface area contributed by atoms with Crippen LogP contribution in [0.15, 0.2) is 16.8 Å². The van der Waals surface area contributed by atoms with Crippen LogP contribution in [0.25, 0.3) is 0 Å². The molecule has 7 nitrogen and oxygen atoms in total. The predicted molar refractivity (Wildman–Crippen MR) is 71.6 cm³/mol. The van der Waals surface area contributed by atoms with Crippen LogP contribution in [-0.2, 0) is 6.54 Å². The minimum Gasteiger partial charge on any atom is -0.476 e. The monoisotopic (exact) mass is 276 g/mol. The average molecular weight is 276 g/mol. The van der Waals surface area contributed by atoms with Gasteiger partial charge in [-0.3, -0.25) is 0 Å². The molecule has 0 aromatic carbocycles. The molecule has 0 spiro atoms. The Balaban J connectivity index is 2.20. The zero-order valence-electron chi connectivity index (χ0n) is 11.5. The van der Waals surface area contributed by atoms with Gasteiger partial charge >= 0.3 is 5.97 Å². The van der Waals surface area contributed by atoms with Crippen molar-refractivity contribution in [2.75, 3.05) is 5.32 Å². The molecule has 20 heavy (non-hydrogen) atoms. The van der Waals surface area contributed by atoms with Gasteiger partial charge in [0, 0.05) is 12.0 Å². The van der Waals surface area contributed by atoms with Crippen LogP contribution in [0.2, 0.25) is 0 Å². The van der Waals surface area contributed by atoms with Gasteiger partial charge < -0.3 is 14.9 Å². The molecule has 0 amide bonds. The topological polar surface area (TPSA) is 101 Å². The summed E-state index contributed by atoms with van der Waals surface area (Å²) in [5, 5.41) is 15.9. The van der Waals surface area contributed by atoms with Gasteiger partial charge in [0.15, 0.2) is 11.5 Å². The summed E-state index contributed by atoms with van der Waals surface area (Å²) in [7, 11) is 0. The fraction of sp³-hybridized carbons (Fsp3) is 0.385. The molecule has 0 fully saturated rings. The number of carbonyl (C=O) groups is 1. The first-order valence-electron chi connectivity index (χ1n) is 6.23. The number of anilines is 1. The minimum absolute atomic E-state index is 0.0417. The zero-order valence-corrected chi connectivity index (χ0v) is 11.5. The maximum absolute atomic E-state index is 11.2. The highest BCUT2D eigenvalue weighted by Crippen LogP contribution is 2.17. The normalized spacial score (nSPS) is 10.8. The lowest BCUT2D eigenvalue weighted by atomic mass is 10.2. The van der Waals surface area contributed by atoms with Crippen LogP contribution in [0, 0.1) is 6.92 Å². The summed E-state index contributed by atoms with van der Waals surface area (Å²) >= 11 is 0. The molecule has 0 aliphatic carbocycles. The third-order valence-electron chi connectivity index (χ3n) is 2.66. The van der Waals surface area contributed by atoms with Gasteiger partial charge in [0.2, 0.25) is 0 Å². The quantitative estimate of drug-likeness (QED) is 0.863. The van der Waals surface area contributed by atoms with Crippen LogP contribution in [-0.4, -0.2) is 26.2 Å². The largest absolute Gasteiger partial charge is 0.476 e. The van der Waals surface area contributed by atoms with Crippen LogP contribution in [0.1, 0.15) is 47.5 Å². The highest BCUT2D eigenvalue weighted by atomic mass is 16.5. The van der Waals surface area contributed by atoms with Crippen LogP contribution >= 0.6 is 0 Å². The highest BCUT2D eigenvalue weighted by molar-refractivity contribution is 5.91. The zero-order chi connectivity index (χ0) is 14.7. The van der Waals surface area contributed by atoms with Crippen molar-refractivity contribution in [1.82, 2.24) is 15.1 Å². The standard InChI is InChI=1S/C13H16N4O3/c1-7(2)12-15-6-10(11(16-12)13(18)19)14-5-9-4-8(3)17-20-9/h4,6-7,14H,5H2,1-3H3,(H,18,19). The predicted octanol–water partition coefficient (Wildman–Crippen LogP) is 2.21. The molecular formula is C13H16N4O3. The van der Waals surface area contributed by atoms with Gasteiger partial charge in [-0.2, -0.15) is 0 Å². The molecule has 2 aromatic rings. The number of nitrogens with one attached hydrogen (secondary N) is 1. The van der Waals surface area contributed by atoms with E-state index in [1.807, 2.05) is 20.8 Å². The Kier molecular flexibility index (Phi) is 3.97. The third kappa shape index (κ3) is 3.11. The number of nitrogens with zero attached hydrogens (tertiary/aromatic N) is 3. The summed E-state index contributed by atoms with van der Waals surface area (Å²) in [6, 6.07) is 1.77. The maximum Gasteiger partial charge on any atom is 0.356 e. The number of rotatable bonds is 5. The maximum atomic E-state index is 11.2. The first-order valence-corrected chi connectivity index (χ1v) is 6.23. The van der Waals surface area contributed by atoms with E-state index in [4.69, 9.17) is 4.52 Å². The van der Waals surface area contributed by atoms with Crippen LogP contribution in [0.5, 0.6) is 0 Å². The molecule has 2 heterocycles. The lowest BCUT2D eigenvalue weighted by molar-refractivity contribution is 0.0691. The minimum atomic E-state index is -1.09. The van der Waals surface area contributed by atoms with E-state index in [2.05, 4.69) is 20.4 Å². The number of aryl methyl sites for hydroxylation is 1. The Hall–Kier alpha value is -2.44. The van der Waals surface area contributed by atoms with Crippen molar-refractivity contribution in [1.29, 1.82) is 0 Å². The molecule has 0 radical (unpaired) electrons. The van der Waals surface area contributed by atoms with Gasteiger partial charge in [-0.05, 0) is 6.92 Å². The van der Waals surface area contributed by atoms with Crippen molar-refractivity contribution in [2.45, 2.75) is 33.2 Å². The molecule has 0 saturated carbocycles. The van der Waals surface area contributed by atoms with Gasteiger partial charge in [0.1, 0.15) is 5.82 Å². The molecule has 7 heteroatoms. The Morgan fingerprint density at radius 3 is 2.80 bits per heavy atom. The molecule has 0 saturated heterocycles. The molecule has 0 bridgehead atoms. The Morgan fingerprint density at radius 2 is 2.25 bits per heavy atom. The molecule has 0 aliphatic rings. The lowest BCUT2D eigenvalue weighted by Crippen LogP contribution is -2.12. The number of hydrogen-bond acceptors (Lipinski definition) is 6. The number of aromatic nitrogens is 3. The van der Waals surface area contributed by atoms with Gasteiger partial charge in [-0.15, -0.1) is 0 Å². The summed E-state index contributed by atoms with van der Waals surface area (Å²) in [5.41, 5.74) is 1.09. The Bertz CT molecular complexity index is 622. The van der Waals surface area contributed by atoms with Crippen molar-refractivity contribution in [3.8, 4) is 0 Å². The summed E-state index contributed by atoms with van der Waals surface area (Å²) in [4.78, 5) is 19.5. The molecule has 0 unspecified atom stereocenters. The lowest BCUT2D eigenvalue weighted by Gasteiger charge is -2.10. The Labute approximate surface area is 116 Å². The van der Waals surface area contributed by atoms with Crippen LogP contribution < -0.4 is 5.32 Å². The molecule has 0 aliphatic heterocycles. The molecule has 106 valence electrons. The van der Waals surface area contributed by atoms with Gasteiger partial charge in [-0.25, -0.2) is 14.8 Å². The van der Waals surface area contributed by atoms with E-state index < -0.39 is 5.97 Å². The van der Waals surface area contributed by atoms with Gasteiger partial charge in [0.05, 0.1) is 24.1 Å². The fourth-order valence-corrected chi connectivity index (χ4v) is 1.65. The Morgan fingerprint density at radius 1 is 1.50 bits per heavy atom. The van der Waals surface area contributed by atoms with E-state index >= 15 is 0 Å². The van der Waals surface area contributed by atoms with E-state index in [-0.39, 0.29) is 11.6 Å². The average Bonchev–Trinajstić information content (AvgIpc) is 2.81. The van der Waals surface area contributed by atoms with Gasteiger partial charge in [-0.1, -0.05) is 19.0 Å².